The first-order valence-corrected chi connectivity index (χ1v) is 7.06. The number of hydrogen-bond donors (Lipinski definition) is 2. The first-order valence-electron chi connectivity index (χ1n) is 7.06. The molecule has 0 aliphatic heterocycles. The minimum atomic E-state index is -0.131. The van der Waals surface area contributed by atoms with E-state index in [9.17, 15) is 4.79 Å². The molecule has 0 aromatic heterocycles. The van der Waals surface area contributed by atoms with Gasteiger partial charge >= 0.3 is 5.97 Å². The minimum absolute atomic E-state index is 0. The van der Waals surface area contributed by atoms with Crippen LogP contribution in [-0.4, -0.2) is 30.8 Å². The molecule has 116 valence electrons. The number of unbranched alkanes of at least 4 members (excludes halogenated alkanes) is 3. The van der Waals surface area contributed by atoms with Gasteiger partial charge < -0.3 is 15.6 Å². The van der Waals surface area contributed by atoms with Gasteiger partial charge in [-0.2, -0.15) is 0 Å². The van der Waals surface area contributed by atoms with E-state index in [0.29, 0.717) is 25.5 Å². The molecule has 0 heterocycles. The summed E-state index contributed by atoms with van der Waals surface area (Å²) in [6, 6.07) is 0. The predicted octanol–water partition coefficient (Wildman–Crippen LogP) is 2.52. The summed E-state index contributed by atoms with van der Waals surface area (Å²) >= 11 is 0. The second-order valence-electron chi connectivity index (χ2n) is 5.29. The van der Waals surface area contributed by atoms with Crippen LogP contribution < -0.4 is 5.73 Å². The normalized spacial score (nSPS) is 12.1. The summed E-state index contributed by atoms with van der Waals surface area (Å²) in [5.74, 6) is 0.671. The Morgan fingerprint density at radius 3 is 2.37 bits per heavy atom. The van der Waals surface area contributed by atoms with Crippen LogP contribution in [0.15, 0.2) is 0 Å². The lowest BCUT2D eigenvalue weighted by Gasteiger charge is -2.16. The third-order valence-electron chi connectivity index (χ3n) is 2.91. The van der Waals surface area contributed by atoms with Crippen LogP contribution in [0.1, 0.15) is 52.4 Å². The third-order valence-corrected chi connectivity index (χ3v) is 2.91. The molecule has 0 saturated heterocycles. The van der Waals surface area contributed by atoms with Gasteiger partial charge in [-0.1, -0.05) is 20.3 Å². The summed E-state index contributed by atoms with van der Waals surface area (Å²) in [5, 5.41) is 8.61. The third kappa shape index (κ3) is 13.9. The van der Waals surface area contributed by atoms with Gasteiger partial charge in [-0.25, -0.2) is 0 Å². The minimum Gasteiger partial charge on any atom is -0.466 e. The predicted molar refractivity (Wildman–Crippen MR) is 80.4 cm³/mol. The standard InChI is InChI=1S/C14H29NO3.ClH/c1-12(2)9-13(11-15)10-14(17)18-8-6-4-3-5-7-16;/h12-13,16H,3-11,15H2,1-2H3;1H/t13-;/m0./s1. The van der Waals surface area contributed by atoms with Crippen LogP contribution in [0.5, 0.6) is 0 Å². The van der Waals surface area contributed by atoms with E-state index in [1.54, 1.807) is 0 Å². The Bertz CT molecular complexity index is 213. The second-order valence-corrected chi connectivity index (χ2v) is 5.29. The van der Waals surface area contributed by atoms with Gasteiger partial charge in [0.1, 0.15) is 0 Å². The zero-order valence-corrected chi connectivity index (χ0v) is 13.1. The van der Waals surface area contributed by atoms with Gasteiger partial charge in [0, 0.05) is 13.0 Å². The highest BCUT2D eigenvalue weighted by Gasteiger charge is 2.14. The molecule has 0 bridgehead atoms. The van der Waals surface area contributed by atoms with Crippen molar-refractivity contribution in [3.05, 3.63) is 0 Å². The lowest BCUT2D eigenvalue weighted by atomic mass is 9.94. The molecule has 0 spiro atoms. The number of aliphatic hydroxyl groups is 1. The van der Waals surface area contributed by atoms with E-state index in [1.807, 2.05) is 0 Å². The Labute approximate surface area is 123 Å². The smallest absolute Gasteiger partial charge is 0.306 e. The van der Waals surface area contributed by atoms with Crippen molar-refractivity contribution in [2.75, 3.05) is 19.8 Å². The van der Waals surface area contributed by atoms with Crippen molar-refractivity contribution in [2.45, 2.75) is 52.4 Å². The summed E-state index contributed by atoms with van der Waals surface area (Å²) in [6.07, 6.45) is 5.11. The lowest BCUT2D eigenvalue weighted by molar-refractivity contribution is -0.144. The van der Waals surface area contributed by atoms with E-state index in [-0.39, 0.29) is 30.9 Å². The fourth-order valence-corrected chi connectivity index (χ4v) is 1.98. The summed E-state index contributed by atoms with van der Waals surface area (Å²) in [4.78, 5) is 11.6. The zero-order valence-electron chi connectivity index (χ0n) is 12.3. The maximum atomic E-state index is 11.6. The Morgan fingerprint density at radius 2 is 1.84 bits per heavy atom. The topological polar surface area (TPSA) is 72.6 Å². The lowest BCUT2D eigenvalue weighted by Crippen LogP contribution is -2.21. The quantitative estimate of drug-likeness (QED) is 0.454. The summed E-state index contributed by atoms with van der Waals surface area (Å²) in [7, 11) is 0. The number of carbonyl (C=O) groups excluding carboxylic acids is 1. The van der Waals surface area contributed by atoms with Crippen molar-refractivity contribution in [1.29, 1.82) is 0 Å². The highest BCUT2D eigenvalue weighted by atomic mass is 35.5. The zero-order chi connectivity index (χ0) is 13.8. The van der Waals surface area contributed by atoms with Gasteiger partial charge in [-0.15, -0.1) is 12.4 Å². The van der Waals surface area contributed by atoms with Gasteiger partial charge in [0.05, 0.1) is 6.61 Å². The molecule has 0 radical (unpaired) electrons. The van der Waals surface area contributed by atoms with Crippen molar-refractivity contribution in [3.63, 3.8) is 0 Å². The van der Waals surface area contributed by atoms with Crippen LogP contribution in [0.4, 0.5) is 0 Å². The van der Waals surface area contributed by atoms with Crippen LogP contribution in [0.25, 0.3) is 0 Å². The van der Waals surface area contributed by atoms with Crippen LogP contribution in [0, 0.1) is 11.8 Å². The summed E-state index contributed by atoms with van der Waals surface area (Å²) in [6.45, 7) is 5.55. The van der Waals surface area contributed by atoms with Gasteiger partial charge in [0.2, 0.25) is 0 Å². The molecule has 19 heavy (non-hydrogen) atoms. The molecule has 0 aromatic rings. The van der Waals surface area contributed by atoms with Gasteiger partial charge in [0.15, 0.2) is 0 Å². The Kier molecular flexibility index (Phi) is 15.6. The van der Waals surface area contributed by atoms with Crippen LogP contribution in [0.3, 0.4) is 0 Å². The molecule has 0 unspecified atom stereocenters. The molecule has 0 aliphatic carbocycles. The molecule has 0 aromatic carbocycles. The number of rotatable bonds is 11. The van der Waals surface area contributed by atoms with Gasteiger partial charge in [-0.05, 0) is 44.1 Å². The molecule has 5 heteroatoms. The van der Waals surface area contributed by atoms with E-state index in [1.165, 1.54) is 0 Å². The molecule has 3 N–H and O–H groups in total. The molecule has 4 nitrogen and oxygen atoms in total. The molecule has 1 atom stereocenters. The fourth-order valence-electron chi connectivity index (χ4n) is 1.98. The van der Waals surface area contributed by atoms with Gasteiger partial charge in [0.25, 0.3) is 0 Å². The highest BCUT2D eigenvalue weighted by molar-refractivity contribution is 5.85. The van der Waals surface area contributed by atoms with Crippen LogP contribution in [-0.2, 0) is 9.53 Å². The highest BCUT2D eigenvalue weighted by Crippen LogP contribution is 2.15. The van der Waals surface area contributed by atoms with Crippen molar-refractivity contribution in [1.82, 2.24) is 0 Å². The number of nitrogens with two attached hydrogens (primary N) is 1. The maximum absolute atomic E-state index is 11.6. The Hall–Kier alpha value is -0.320. The van der Waals surface area contributed by atoms with E-state index >= 15 is 0 Å². The Balaban J connectivity index is 0. The largest absolute Gasteiger partial charge is 0.466 e. The number of ether oxygens (including phenoxy) is 1. The average Bonchev–Trinajstić information content (AvgIpc) is 2.32. The summed E-state index contributed by atoms with van der Waals surface area (Å²) < 4.78 is 5.18. The van der Waals surface area contributed by atoms with Crippen molar-refractivity contribution in [2.24, 2.45) is 17.6 Å². The molecular weight excluding hydrogens is 266 g/mol. The SMILES string of the molecule is CC(C)C[C@H](CN)CC(=O)OCCCCCCO.Cl. The van der Waals surface area contributed by atoms with Gasteiger partial charge in [-0.3, -0.25) is 4.79 Å². The number of halogens is 1. The number of aliphatic hydroxyl groups excluding tert-OH is 1. The fraction of sp³-hybridized carbons (Fsp3) is 0.929. The first kappa shape index (κ1) is 21.0. The van der Waals surface area contributed by atoms with E-state index in [0.717, 1.165) is 32.1 Å². The second kappa shape index (κ2) is 14.1. The Morgan fingerprint density at radius 1 is 1.21 bits per heavy atom. The van der Waals surface area contributed by atoms with Crippen LogP contribution in [0.2, 0.25) is 0 Å². The maximum Gasteiger partial charge on any atom is 0.306 e. The molecule has 0 rings (SSSR count). The molecular formula is C14H30ClNO3. The van der Waals surface area contributed by atoms with E-state index in [2.05, 4.69) is 13.8 Å². The van der Waals surface area contributed by atoms with E-state index in [4.69, 9.17) is 15.6 Å². The van der Waals surface area contributed by atoms with Crippen molar-refractivity contribution >= 4 is 18.4 Å². The first-order chi connectivity index (χ1) is 8.60. The summed E-state index contributed by atoms with van der Waals surface area (Å²) in [5.41, 5.74) is 5.65. The average molecular weight is 296 g/mol. The number of carbonyl (C=O) groups is 1. The van der Waals surface area contributed by atoms with Crippen molar-refractivity contribution < 1.29 is 14.6 Å². The number of hydrogen-bond acceptors (Lipinski definition) is 4. The monoisotopic (exact) mass is 295 g/mol. The number of esters is 1. The molecule has 0 saturated carbocycles. The molecule has 0 fully saturated rings. The molecule has 0 amide bonds. The van der Waals surface area contributed by atoms with E-state index < -0.39 is 0 Å². The van der Waals surface area contributed by atoms with Crippen LogP contribution >= 0.6 is 12.4 Å². The van der Waals surface area contributed by atoms with Crippen molar-refractivity contribution in [3.8, 4) is 0 Å². The molecule has 0 aliphatic rings.